The number of fused-ring (bicyclic) bond motifs is 1. The first-order chi connectivity index (χ1) is 7.87. The molecule has 2 rings (SSSR count). The number of aromatic carboxylic acids is 1. The van der Waals surface area contributed by atoms with Crippen LogP contribution in [0.3, 0.4) is 0 Å². The Morgan fingerprint density at radius 3 is 2.82 bits per heavy atom. The van der Waals surface area contributed by atoms with Gasteiger partial charge in [-0.25, -0.2) is 9.78 Å². The van der Waals surface area contributed by atoms with E-state index in [1.54, 1.807) is 28.9 Å². The Hall–Kier alpha value is -1.31. The molecule has 0 radical (unpaired) electrons. The van der Waals surface area contributed by atoms with Crippen molar-refractivity contribution in [1.82, 2.24) is 9.38 Å². The van der Waals surface area contributed by atoms with E-state index < -0.39 is 5.97 Å². The summed E-state index contributed by atoms with van der Waals surface area (Å²) in [5.74, 6) is -0.164. The summed E-state index contributed by atoms with van der Waals surface area (Å²) >= 11 is 2.26. The maximum atomic E-state index is 10.9. The van der Waals surface area contributed by atoms with E-state index in [0.29, 0.717) is 0 Å². The van der Waals surface area contributed by atoms with Crippen LogP contribution in [0.5, 0.6) is 0 Å². The molecular weight excluding hydrogens is 333 g/mol. The van der Waals surface area contributed by atoms with Gasteiger partial charge >= 0.3 is 5.97 Å². The van der Waals surface area contributed by atoms with E-state index in [4.69, 9.17) is 5.11 Å². The minimum absolute atomic E-state index is 0.132. The fourth-order valence-electron chi connectivity index (χ4n) is 1.50. The van der Waals surface area contributed by atoms with Crippen LogP contribution in [0.2, 0.25) is 0 Å². The van der Waals surface area contributed by atoms with Gasteiger partial charge in [-0.3, -0.25) is 4.40 Å². The lowest BCUT2D eigenvalue weighted by Gasteiger charge is -2.19. The Kier molecular flexibility index (Phi) is 2.98. The number of aromatic nitrogens is 2. The first-order valence-corrected chi connectivity index (χ1v) is 6.12. The Morgan fingerprint density at radius 2 is 2.24 bits per heavy atom. The largest absolute Gasteiger partial charge is 0.478 e. The van der Waals surface area contributed by atoms with Crippen LogP contribution in [0, 0.1) is 0 Å². The highest BCUT2D eigenvalue weighted by Gasteiger charge is 2.15. The van der Waals surface area contributed by atoms with E-state index in [1.165, 1.54) is 0 Å². The van der Waals surface area contributed by atoms with Gasteiger partial charge in [0.2, 0.25) is 0 Å². The molecule has 0 atom stereocenters. The molecule has 0 unspecified atom stereocenters. The van der Waals surface area contributed by atoms with Crippen LogP contribution in [0.1, 0.15) is 24.2 Å². The second-order valence-electron chi connectivity index (χ2n) is 4.19. The molecule has 0 aliphatic carbocycles. The zero-order valence-electron chi connectivity index (χ0n) is 9.44. The van der Waals surface area contributed by atoms with E-state index in [9.17, 15) is 4.79 Å². The molecule has 2 aromatic heterocycles. The predicted octanol–water partition coefficient (Wildman–Crippen LogP) is 2.62. The standard InChI is InChI=1S/C11H12IN3O2/c1-11(2,12)14-9-5-13-8-4-3-7(10(16)17)6-15(8)9/h3-6,14H,1-2H3,(H,16,17). The zero-order chi connectivity index (χ0) is 12.6. The topological polar surface area (TPSA) is 66.6 Å². The average Bonchev–Trinajstić information content (AvgIpc) is 2.58. The summed E-state index contributed by atoms with van der Waals surface area (Å²) in [5, 5.41) is 12.2. The number of nitrogens with one attached hydrogen (secondary N) is 1. The molecule has 17 heavy (non-hydrogen) atoms. The summed E-state index contributed by atoms with van der Waals surface area (Å²) in [6.45, 7) is 4.04. The molecule has 2 heterocycles. The average molecular weight is 345 g/mol. The summed E-state index contributed by atoms with van der Waals surface area (Å²) in [4.78, 5) is 15.1. The van der Waals surface area contributed by atoms with Gasteiger partial charge in [0, 0.05) is 6.20 Å². The van der Waals surface area contributed by atoms with Crippen molar-refractivity contribution < 1.29 is 9.90 Å². The third kappa shape index (κ3) is 2.68. The van der Waals surface area contributed by atoms with Crippen LogP contribution in [0.4, 0.5) is 5.82 Å². The van der Waals surface area contributed by atoms with Gasteiger partial charge in [0.05, 0.1) is 15.3 Å². The molecule has 0 saturated carbocycles. The monoisotopic (exact) mass is 345 g/mol. The molecule has 5 nitrogen and oxygen atoms in total. The van der Waals surface area contributed by atoms with Crippen LogP contribution in [-0.4, -0.2) is 24.0 Å². The number of nitrogens with zero attached hydrogens (tertiary/aromatic N) is 2. The van der Waals surface area contributed by atoms with Crippen LogP contribution >= 0.6 is 22.6 Å². The normalized spacial score (nSPS) is 11.7. The van der Waals surface area contributed by atoms with Gasteiger partial charge in [-0.1, -0.05) is 22.6 Å². The molecule has 6 heteroatoms. The number of rotatable bonds is 3. The van der Waals surface area contributed by atoms with Crippen molar-refractivity contribution in [3.63, 3.8) is 0 Å². The fraction of sp³-hybridized carbons (Fsp3) is 0.273. The third-order valence-corrected chi connectivity index (χ3v) is 2.45. The van der Waals surface area contributed by atoms with Gasteiger partial charge < -0.3 is 10.4 Å². The molecule has 0 aliphatic rings. The Balaban J connectivity index is 2.50. The van der Waals surface area contributed by atoms with Crippen LogP contribution in [0.25, 0.3) is 5.65 Å². The quantitative estimate of drug-likeness (QED) is 0.510. The number of imidazole rings is 1. The van der Waals surface area contributed by atoms with Gasteiger partial charge in [0.25, 0.3) is 0 Å². The van der Waals surface area contributed by atoms with E-state index >= 15 is 0 Å². The van der Waals surface area contributed by atoms with Gasteiger partial charge in [-0.15, -0.1) is 0 Å². The Labute approximate surface area is 112 Å². The molecule has 0 saturated heterocycles. The molecule has 0 aliphatic heterocycles. The second kappa shape index (κ2) is 4.17. The Bertz CT molecular complexity index is 572. The summed E-state index contributed by atoms with van der Waals surface area (Å²) in [5.41, 5.74) is 0.961. The first-order valence-electron chi connectivity index (χ1n) is 5.04. The SMILES string of the molecule is CC(C)(I)Nc1cnc2ccc(C(=O)O)cn12. The van der Waals surface area contributed by atoms with E-state index in [1.807, 2.05) is 13.8 Å². The number of halogens is 1. The molecule has 0 aromatic carbocycles. The summed E-state index contributed by atoms with van der Waals surface area (Å²) in [6, 6.07) is 3.23. The summed E-state index contributed by atoms with van der Waals surface area (Å²) in [6.07, 6.45) is 3.26. The number of hydrogen-bond acceptors (Lipinski definition) is 3. The number of carboxylic acids is 1. The number of pyridine rings is 1. The lowest BCUT2D eigenvalue weighted by molar-refractivity contribution is 0.0696. The first kappa shape index (κ1) is 12.2. The smallest absolute Gasteiger partial charge is 0.337 e. The van der Waals surface area contributed by atoms with E-state index in [-0.39, 0.29) is 9.11 Å². The molecule has 0 fully saturated rings. The van der Waals surface area contributed by atoms with Crippen molar-refractivity contribution in [2.75, 3.05) is 5.32 Å². The van der Waals surface area contributed by atoms with Gasteiger partial charge in [0.15, 0.2) is 0 Å². The zero-order valence-corrected chi connectivity index (χ0v) is 11.6. The summed E-state index contributed by atoms with van der Waals surface area (Å²) < 4.78 is 1.61. The highest BCUT2D eigenvalue weighted by molar-refractivity contribution is 14.1. The highest BCUT2D eigenvalue weighted by Crippen LogP contribution is 2.22. The minimum Gasteiger partial charge on any atom is -0.478 e. The molecule has 2 aromatic rings. The van der Waals surface area contributed by atoms with Crippen molar-refractivity contribution in [2.24, 2.45) is 0 Å². The predicted molar refractivity (Wildman–Crippen MR) is 73.9 cm³/mol. The van der Waals surface area contributed by atoms with Crippen molar-refractivity contribution in [3.05, 3.63) is 30.1 Å². The van der Waals surface area contributed by atoms with E-state index in [0.717, 1.165) is 11.5 Å². The minimum atomic E-state index is -0.944. The van der Waals surface area contributed by atoms with Crippen molar-refractivity contribution in [3.8, 4) is 0 Å². The summed E-state index contributed by atoms with van der Waals surface area (Å²) in [7, 11) is 0. The third-order valence-electron chi connectivity index (χ3n) is 2.18. The van der Waals surface area contributed by atoms with Crippen molar-refractivity contribution in [1.29, 1.82) is 0 Å². The van der Waals surface area contributed by atoms with Crippen LogP contribution < -0.4 is 5.32 Å². The lowest BCUT2D eigenvalue weighted by Crippen LogP contribution is -2.22. The molecule has 90 valence electrons. The van der Waals surface area contributed by atoms with E-state index in [2.05, 4.69) is 32.9 Å². The van der Waals surface area contributed by atoms with Gasteiger partial charge in [-0.2, -0.15) is 0 Å². The lowest BCUT2D eigenvalue weighted by atomic mass is 10.3. The van der Waals surface area contributed by atoms with Gasteiger partial charge in [0.1, 0.15) is 11.5 Å². The molecule has 0 spiro atoms. The number of carbonyl (C=O) groups is 1. The van der Waals surface area contributed by atoms with Crippen LogP contribution in [-0.2, 0) is 0 Å². The number of anilines is 1. The second-order valence-corrected chi connectivity index (χ2v) is 6.89. The van der Waals surface area contributed by atoms with Gasteiger partial charge in [-0.05, 0) is 26.0 Å². The fourth-order valence-corrected chi connectivity index (χ4v) is 1.78. The maximum Gasteiger partial charge on any atom is 0.337 e. The Morgan fingerprint density at radius 1 is 1.53 bits per heavy atom. The van der Waals surface area contributed by atoms with Crippen LogP contribution in [0.15, 0.2) is 24.5 Å². The number of hydrogen-bond donors (Lipinski definition) is 2. The maximum absolute atomic E-state index is 10.9. The number of alkyl halides is 1. The molecule has 0 bridgehead atoms. The molecule has 2 N–H and O–H groups in total. The molecule has 0 amide bonds. The number of carboxylic acid groups (broad SMARTS) is 1. The highest BCUT2D eigenvalue weighted by atomic mass is 127. The van der Waals surface area contributed by atoms with Crippen molar-refractivity contribution >= 4 is 40.0 Å². The molecular formula is C11H12IN3O2. The van der Waals surface area contributed by atoms with Crippen molar-refractivity contribution in [2.45, 2.75) is 17.4 Å².